The summed E-state index contributed by atoms with van der Waals surface area (Å²) in [6.45, 7) is 6.96. The lowest BCUT2D eigenvalue weighted by molar-refractivity contribution is 0.0787. The number of carbonyl (C=O) groups is 2. The summed E-state index contributed by atoms with van der Waals surface area (Å²) in [5.41, 5.74) is 3.68. The van der Waals surface area contributed by atoms with E-state index in [0.717, 1.165) is 11.1 Å². The normalized spacial score (nSPS) is 12.0. The molecular formula is C23H30N2O2. The molecule has 0 saturated carbocycles. The second-order valence-electron chi connectivity index (χ2n) is 7.69. The van der Waals surface area contributed by atoms with Crippen LogP contribution in [0.3, 0.4) is 0 Å². The third-order valence-corrected chi connectivity index (χ3v) is 4.83. The van der Waals surface area contributed by atoms with Crippen LogP contribution in [-0.4, -0.2) is 49.3 Å². The summed E-state index contributed by atoms with van der Waals surface area (Å²) in [6, 6.07) is 15.5. The Morgan fingerprint density at radius 3 is 2.00 bits per heavy atom. The van der Waals surface area contributed by atoms with E-state index in [-0.39, 0.29) is 17.7 Å². The zero-order valence-corrected chi connectivity index (χ0v) is 17.2. The third-order valence-electron chi connectivity index (χ3n) is 4.83. The summed E-state index contributed by atoms with van der Waals surface area (Å²) in [4.78, 5) is 28.1. The maximum atomic E-state index is 12.8. The molecule has 0 aliphatic rings. The molecule has 0 bridgehead atoms. The largest absolute Gasteiger partial charge is 0.345 e. The first-order valence-corrected chi connectivity index (χ1v) is 9.37. The zero-order chi connectivity index (χ0) is 20.1. The topological polar surface area (TPSA) is 40.6 Å². The molecule has 4 nitrogen and oxygen atoms in total. The molecule has 2 rings (SSSR count). The van der Waals surface area contributed by atoms with Gasteiger partial charge in [0.1, 0.15) is 0 Å². The molecule has 0 N–H and O–H groups in total. The van der Waals surface area contributed by atoms with Crippen LogP contribution in [0.15, 0.2) is 48.5 Å². The average Bonchev–Trinajstić information content (AvgIpc) is 2.66. The van der Waals surface area contributed by atoms with Gasteiger partial charge in [0.2, 0.25) is 0 Å². The Morgan fingerprint density at radius 2 is 1.44 bits per heavy atom. The Kier molecular flexibility index (Phi) is 6.78. The first-order valence-electron chi connectivity index (χ1n) is 9.37. The molecule has 0 radical (unpaired) electrons. The van der Waals surface area contributed by atoms with E-state index >= 15 is 0 Å². The summed E-state index contributed by atoms with van der Waals surface area (Å²) in [7, 11) is 5.33. The van der Waals surface area contributed by atoms with Crippen molar-refractivity contribution in [2.24, 2.45) is 0 Å². The zero-order valence-electron chi connectivity index (χ0n) is 17.2. The highest BCUT2D eigenvalue weighted by Gasteiger charge is 2.17. The first kappa shape index (κ1) is 20.7. The van der Waals surface area contributed by atoms with Crippen molar-refractivity contribution in [2.45, 2.75) is 32.6 Å². The van der Waals surface area contributed by atoms with Crippen LogP contribution >= 0.6 is 0 Å². The second kappa shape index (κ2) is 8.85. The standard InChI is InChI=1S/C23H30N2O2/c1-16(2)20-8-7-9-21(14-20)23(27)25(6)15-17(3)18-10-12-19(13-11-18)22(26)24(4)5/h7-14,16-17H,15H2,1-6H3. The smallest absolute Gasteiger partial charge is 0.253 e. The fraction of sp³-hybridized carbons (Fsp3) is 0.391. The van der Waals surface area contributed by atoms with E-state index < -0.39 is 0 Å². The van der Waals surface area contributed by atoms with Gasteiger partial charge in [-0.25, -0.2) is 0 Å². The highest BCUT2D eigenvalue weighted by atomic mass is 16.2. The molecule has 0 spiro atoms. The minimum Gasteiger partial charge on any atom is -0.345 e. The van der Waals surface area contributed by atoms with Crippen molar-refractivity contribution in [3.8, 4) is 0 Å². The highest BCUT2D eigenvalue weighted by Crippen LogP contribution is 2.20. The summed E-state index contributed by atoms with van der Waals surface area (Å²) in [5, 5.41) is 0. The van der Waals surface area contributed by atoms with E-state index in [1.807, 2.05) is 49.5 Å². The lowest BCUT2D eigenvalue weighted by Crippen LogP contribution is -2.30. The average molecular weight is 367 g/mol. The van der Waals surface area contributed by atoms with Crippen LogP contribution in [0.5, 0.6) is 0 Å². The summed E-state index contributed by atoms with van der Waals surface area (Å²) < 4.78 is 0. The molecule has 2 aromatic carbocycles. The summed E-state index contributed by atoms with van der Waals surface area (Å²) in [5.74, 6) is 0.594. The Morgan fingerprint density at radius 1 is 0.815 bits per heavy atom. The van der Waals surface area contributed by atoms with Gasteiger partial charge in [-0.1, -0.05) is 45.0 Å². The van der Waals surface area contributed by atoms with Gasteiger partial charge in [-0.15, -0.1) is 0 Å². The van der Waals surface area contributed by atoms with Crippen LogP contribution in [0.25, 0.3) is 0 Å². The Balaban J connectivity index is 2.06. The van der Waals surface area contributed by atoms with Crippen molar-refractivity contribution < 1.29 is 9.59 Å². The van der Waals surface area contributed by atoms with Gasteiger partial charge in [0, 0.05) is 38.8 Å². The molecule has 0 heterocycles. The number of benzene rings is 2. The maximum Gasteiger partial charge on any atom is 0.253 e. The van der Waals surface area contributed by atoms with Crippen LogP contribution in [0.2, 0.25) is 0 Å². The molecule has 2 amide bonds. The van der Waals surface area contributed by atoms with Gasteiger partial charge in [0.15, 0.2) is 0 Å². The predicted octanol–water partition coefficient (Wildman–Crippen LogP) is 4.39. The second-order valence-corrected chi connectivity index (χ2v) is 7.69. The van der Waals surface area contributed by atoms with Crippen LogP contribution in [-0.2, 0) is 0 Å². The number of rotatable bonds is 6. The number of hydrogen-bond donors (Lipinski definition) is 0. The van der Waals surface area contributed by atoms with Crippen molar-refractivity contribution >= 4 is 11.8 Å². The van der Waals surface area contributed by atoms with E-state index in [1.54, 1.807) is 23.9 Å². The fourth-order valence-electron chi connectivity index (χ4n) is 3.06. The first-order chi connectivity index (χ1) is 12.7. The molecule has 1 unspecified atom stereocenters. The minimum absolute atomic E-state index is 0.00784. The number of hydrogen-bond acceptors (Lipinski definition) is 2. The number of likely N-dealkylation sites (N-methyl/N-ethyl adjacent to an activating group) is 1. The van der Waals surface area contributed by atoms with Gasteiger partial charge in [-0.2, -0.15) is 0 Å². The van der Waals surface area contributed by atoms with Crippen LogP contribution in [0.1, 0.15) is 64.4 Å². The molecule has 0 aromatic heterocycles. The van der Waals surface area contributed by atoms with E-state index in [9.17, 15) is 9.59 Å². The van der Waals surface area contributed by atoms with Gasteiger partial charge >= 0.3 is 0 Å². The minimum atomic E-state index is -0.00784. The number of amides is 2. The molecule has 1 atom stereocenters. The maximum absolute atomic E-state index is 12.8. The van der Waals surface area contributed by atoms with E-state index in [2.05, 4.69) is 26.8 Å². The molecule has 144 valence electrons. The highest BCUT2D eigenvalue weighted by molar-refractivity contribution is 5.94. The fourth-order valence-corrected chi connectivity index (χ4v) is 3.06. The van der Waals surface area contributed by atoms with Gasteiger partial charge < -0.3 is 9.80 Å². The molecule has 4 heteroatoms. The summed E-state index contributed by atoms with van der Waals surface area (Å²) in [6.07, 6.45) is 0. The quantitative estimate of drug-likeness (QED) is 0.761. The van der Waals surface area contributed by atoms with Crippen LogP contribution in [0.4, 0.5) is 0 Å². The van der Waals surface area contributed by atoms with Crippen molar-refractivity contribution in [2.75, 3.05) is 27.7 Å². The number of nitrogens with zero attached hydrogens (tertiary/aromatic N) is 2. The Hall–Kier alpha value is -2.62. The van der Waals surface area contributed by atoms with Gasteiger partial charge in [-0.3, -0.25) is 9.59 Å². The van der Waals surface area contributed by atoms with Crippen LogP contribution < -0.4 is 0 Å². The van der Waals surface area contributed by atoms with E-state index in [1.165, 1.54) is 5.56 Å². The SMILES string of the molecule is CC(C)c1cccc(C(=O)N(C)CC(C)c2ccc(C(=O)N(C)C)cc2)c1. The van der Waals surface area contributed by atoms with Gasteiger partial charge in [-0.05, 0) is 47.2 Å². The van der Waals surface area contributed by atoms with Crippen molar-refractivity contribution in [3.05, 3.63) is 70.8 Å². The summed E-state index contributed by atoms with van der Waals surface area (Å²) >= 11 is 0. The predicted molar refractivity (Wildman–Crippen MR) is 110 cm³/mol. The van der Waals surface area contributed by atoms with Crippen molar-refractivity contribution in [1.82, 2.24) is 9.80 Å². The van der Waals surface area contributed by atoms with E-state index in [4.69, 9.17) is 0 Å². The molecule has 0 saturated heterocycles. The van der Waals surface area contributed by atoms with Gasteiger partial charge in [0.25, 0.3) is 11.8 Å². The van der Waals surface area contributed by atoms with Gasteiger partial charge in [0.05, 0.1) is 0 Å². The monoisotopic (exact) mass is 366 g/mol. The molecule has 0 fully saturated rings. The van der Waals surface area contributed by atoms with Crippen molar-refractivity contribution in [3.63, 3.8) is 0 Å². The van der Waals surface area contributed by atoms with Crippen molar-refractivity contribution in [1.29, 1.82) is 0 Å². The van der Waals surface area contributed by atoms with Crippen LogP contribution in [0, 0.1) is 0 Å². The molecule has 0 aliphatic carbocycles. The molecule has 2 aromatic rings. The number of carbonyl (C=O) groups excluding carboxylic acids is 2. The molecule has 0 aliphatic heterocycles. The Labute approximate surface area is 162 Å². The molecular weight excluding hydrogens is 336 g/mol. The molecule has 27 heavy (non-hydrogen) atoms. The van der Waals surface area contributed by atoms with E-state index in [0.29, 0.717) is 18.0 Å². The lowest BCUT2D eigenvalue weighted by Gasteiger charge is -2.23. The Bertz CT molecular complexity index is 794. The third kappa shape index (κ3) is 5.19. The lowest BCUT2D eigenvalue weighted by atomic mass is 9.98.